The summed E-state index contributed by atoms with van der Waals surface area (Å²) in [5, 5.41) is 17.9. The maximum absolute atomic E-state index is 11.1. The summed E-state index contributed by atoms with van der Waals surface area (Å²) >= 11 is 0. The van der Waals surface area contributed by atoms with Crippen molar-refractivity contribution in [2.45, 2.75) is 6.42 Å². The number of rotatable bonds is 2. The first-order valence-corrected chi connectivity index (χ1v) is 5.71. The van der Waals surface area contributed by atoms with Gasteiger partial charge in [-0.3, -0.25) is 0 Å². The monoisotopic (exact) mass is 252 g/mol. The number of hydrogen-bond donors (Lipinski definition) is 2. The molecule has 0 bridgehead atoms. The second kappa shape index (κ2) is 5.23. The van der Waals surface area contributed by atoms with Crippen molar-refractivity contribution in [3.8, 4) is 6.07 Å². The van der Waals surface area contributed by atoms with E-state index in [1.807, 2.05) is 6.07 Å². The van der Waals surface area contributed by atoms with Crippen LogP contribution in [0.1, 0.15) is 17.5 Å². The van der Waals surface area contributed by atoms with Gasteiger partial charge >= 0.3 is 5.97 Å². The SMILES string of the molecule is N#Cc1ccc(C=C2CC(N)=CC=C2C(=O)O)cc1. The Bertz CT molecular complexity index is 644. The first-order valence-electron chi connectivity index (χ1n) is 5.71. The van der Waals surface area contributed by atoms with Crippen LogP contribution in [0.3, 0.4) is 0 Å². The highest BCUT2D eigenvalue weighted by Crippen LogP contribution is 2.25. The fourth-order valence-electron chi connectivity index (χ4n) is 1.86. The normalized spacial score (nSPS) is 16.5. The fourth-order valence-corrected chi connectivity index (χ4v) is 1.86. The number of nitrogens with zero attached hydrogens (tertiary/aromatic N) is 1. The van der Waals surface area contributed by atoms with Gasteiger partial charge in [0.25, 0.3) is 0 Å². The maximum Gasteiger partial charge on any atom is 0.335 e. The third-order valence-corrected chi connectivity index (χ3v) is 2.82. The molecule has 0 saturated heterocycles. The minimum absolute atomic E-state index is 0.249. The van der Waals surface area contributed by atoms with Gasteiger partial charge in [-0.2, -0.15) is 5.26 Å². The van der Waals surface area contributed by atoms with Crippen molar-refractivity contribution in [3.05, 3.63) is 64.4 Å². The van der Waals surface area contributed by atoms with Crippen LogP contribution in [0.5, 0.6) is 0 Å². The van der Waals surface area contributed by atoms with Gasteiger partial charge in [-0.1, -0.05) is 18.2 Å². The minimum Gasteiger partial charge on any atom is -0.478 e. The predicted molar refractivity (Wildman–Crippen MR) is 71.7 cm³/mol. The van der Waals surface area contributed by atoms with E-state index in [0.29, 0.717) is 23.3 Å². The average molecular weight is 252 g/mol. The Morgan fingerprint density at radius 1 is 1.32 bits per heavy atom. The Hall–Kier alpha value is -2.80. The molecule has 1 aromatic rings. The zero-order valence-corrected chi connectivity index (χ0v) is 10.1. The van der Waals surface area contributed by atoms with Crippen LogP contribution in [-0.4, -0.2) is 11.1 Å². The summed E-state index contributed by atoms with van der Waals surface area (Å²) in [7, 11) is 0. The first-order chi connectivity index (χ1) is 9.10. The molecule has 0 aliphatic heterocycles. The summed E-state index contributed by atoms with van der Waals surface area (Å²) in [5.74, 6) is -0.969. The molecule has 1 aromatic carbocycles. The van der Waals surface area contributed by atoms with E-state index in [0.717, 1.165) is 5.56 Å². The standard InChI is InChI=1S/C15H12N2O2/c16-9-11-3-1-10(2-4-11)7-12-8-13(17)5-6-14(12)15(18)19/h1-7H,8,17H2,(H,18,19). The zero-order valence-electron chi connectivity index (χ0n) is 10.1. The highest BCUT2D eigenvalue weighted by atomic mass is 16.4. The van der Waals surface area contributed by atoms with Gasteiger partial charge in [0.1, 0.15) is 0 Å². The van der Waals surface area contributed by atoms with E-state index in [-0.39, 0.29) is 5.57 Å². The molecule has 19 heavy (non-hydrogen) atoms. The molecule has 0 aromatic heterocycles. The molecule has 94 valence electrons. The number of hydrogen-bond acceptors (Lipinski definition) is 3. The molecule has 1 aliphatic carbocycles. The third kappa shape index (κ3) is 2.90. The molecular formula is C15H12N2O2. The van der Waals surface area contributed by atoms with Crippen molar-refractivity contribution in [3.63, 3.8) is 0 Å². The Labute approximate surface area is 110 Å². The molecule has 0 spiro atoms. The van der Waals surface area contributed by atoms with Gasteiger partial charge in [0.05, 0.1) is 17.2 Å². The molecule has 0 saturated carbocycles. The molecule has 4 nitrogen and oxygen atoms in total. The van der Waals surface area contributed by atoms with Crippen LogP contribution in [0.2, 0.25) is 0 Å². The number of aliphatic carboxylic acids is 1. The van der Waals surface area contributed by atoms with Crippen molar-refractivity contribution in [2.75, 3.05) is 0 Å². The lowest BCUT2D eigenvalue weighted by Gasteiger charge is -2.13. The highest BCUT2D eigenvalue weighted by molar-refractivity contribution is 5.94. The van der Waals surface area contributed by atoms with E-state index < -0.39 is 5.97 Å². The fraction of sp³-hybridized carbons (Fsp3) is 0.0667. The second-order valence-corrected chi connectivity index (χ2v) is 4.21. The minimum atomic E-state index is -0.969. The molecule has 2 rings (SSSR count). The Kier molecular flexibility index (Phi) is 3.48. The quantitative estimate of drug-likeness (QED) is 0.844. The van der Waals surface area contributed by atoms with Gasteiger partial charge in [0.2, 0.25) is 0 Å². The molecule has 0 heterocycles. The van der Waals surface area contributed by atoms with Gasteiger partial charge in [-0.25, -0.2) is 4.79 Å². The van der Waals surface area contributed by atoms with Gasteiger partial charge in [-0.05, 0) is 35.4 Å². The molecule has 3 N–H and O–H groups in total. The van der Waals surface area contributed by atoms with Gasteiger partial charge in [0.15, 0.2) is 0 Å². The highest BCUT2D eigenvalue weighted by Gasteiger charge is 2.16. The van der Waals surface area contributed by atoms with Crippen LogP contribution in [-0.2, 0) is 4.79 Å². The molecule has 0 radical (unpaired) electrons. The first kappa shape index (κ1) is 12.7. The second-order valence-electron chi connectivity index (χ2n) is 4.21. The molecule has 0 unspecified atom stereocenters. The maximum atomic E-state index is 11.1. The summed E-state index contributed by atoms with van der Waals surface area (Å²) in [6.07, 6.45) is 5.31. The van der Waals surface area contributed by atoms with E-state index in [2.05, 4.69) is 0 Å². The predicted octanol–water partition coefficient (Wildman–Crippen LogP) is 2.20. The van der Waals surface area contributed by atoms with Crippen LogP contribution < -0.4 is 5.73 Å². The molecule has 0 atom stereocenters. The van der Waals surface area contributed by atoms with Crippen molar-refractivity contribution < 1.29 is 9.90 Å². The van der Waals surface area contributed by atoms with Crippen molar-refractivity contribution >= 4 is 12.0 Å². The summed E-state index contributed by atoms with van der Waals surface area (Å²) in [4.78, 5) is 11.1. The molecular weight excluding hydrogens is 240 g/mol. The largest absolute Gasteiger partial charge is 0.478 e. The Morgan fingerprint density at radius 2 is 2.00 bits per heavy atom. The molecule has 0 amide bonds. The lowest BCUT2D eigenvalue weighted by atomic mass is 9.94. The Balaban J connectivity index is 2.36. The Morgan fingerprint density at radius 3 is 2.58 bits per heavy atom. The van der Waals surface area contributed by atoms with Crippen molar-refractivity contribution in [2.24, 2.45) is 5.73 Å². The number of nitrogens with two attached hydrogens (primary N) is 1. The number of carbonyl (C=O) groups is 1. The van der Waals surface area contributed by atoms with Crippen LogP contribution in [0.15, 0.2) is 53.3 Å². The topological polar surface area (TPSA) is 87.1 Å². The summed E-state index contributed by atoms with van der Waals surface area (Å²) in [6, 6.07) is 8.98. The van der Waals surface area contributed by atoms with Crippen LogP contribution in [0.25, 0.3) is 6.08 Å². The number of carboxylic acids is 1. The van der Waals surface area contributed by atoms with E-state index in [9.17, 15) is 4.79 Å². The van der Waals surface area contributed by atoms with E-state index in [1.54, 1.807) is 36.4 Å². The van der Waals surface area contributed by atoms with E-state index in [4.69, 9.17) is 16.1 Å². The molecule has 1 aliphatic rings. The van der Waals surface area contributed by atoms with Gasteiger partial charge in [-0.15, -0.1) is 0 Å². The number of nitriles is 1. The smallest absolute Gasteiger partial charge is 0.335 e. The summed E-state index contributed by atoms with van der Waals surface area (Å²) in [5.41, 5.74) is 8.68. The number of benzene rings is 1. The van der Waals surface area contributed by atoms with Gasteiger partial charge in [0, 0.05) is 12.1 Å². The lowest BCUT2D eigenvalue weighted by molar-refractivity contribution is -0.132. The van der Waals surface area contributed by atoms with Gasteiger partial charge < -0.3 is 10.8 Å². The van der Waals surface area contributed by atoms with Crippen LogP contribution >= 0.6 is 0 Å². The summed E-state index contributed by atoms with van der Waals surface area (Å²) < 4.78 is 0. The number of carboxylic acid groups (broad SMARTS) is 1. The lowest BCUT2D eigenvalue weighted by Crippen LogP contribution is -2.10. The zero-order chi connectivity index (χ0) is 13.8. The van der Waals surface area contributed by atoms with Crippen molar-refractivity contribution in [1.29, 1.82) is 5.26 Å². The molecule has 0 fully saturated rings. The van der Waals surface area contributed by atoms with Crippen molar-refractivity contribution in [1.82, 2.24) is 0 Å². The van der Waals surface area contributed by atoms with E-state index in [1.165, 1.54) is 6.08 Å². The van der Waals surface area contributed by atoms with Crippen LogP contribution in [0, 0.1) is 11.3 Å². The summed E-state index contributed by atoms with van der Waals surface area (Å²) in [6.45, 7) is 0. The average Bonchev–Trinajstić information content (AvgIpc) is 2.39. The third-order valence-electron chi connectivity index (χ3n) is 2.82. The van der Waals surface area contributed by atoms with E-state index >= 15 is 0 Å². The number of allylic oxidation sites excluding steroid dienone is 3. The molecule has 4 heteroatoms. The van der Waals surface area contributed by atoms with Crippen LogP contribution in [0.4, 0.5) is 0 Å².